The lowest BCUT2D eigenvalue weighted by molar-refractivity contribution is 0.0196. The van der Waals surface area contributed by atoms with Crippen molar-refractivity contribution in [3.63, 3.8) is 0 Å². The number of fused-ring (bicyclic) bond motifs is 4. The number of hydrogen-bond acceptors (Lipinski definition) is 7. The van der Waals surface area contributed by atoms with Gasteiger partial charge < -0.3 is 13.9 Å². The Labute approximate surface area is 172 Å². The molecule has 1 fully saturated rings. The van der Waals surface area contributed by atoms with Gasteiger partial charge in [0, 0.05) is 32.0 Å². The first-order chi connectivity index (χ1) is 14.7. The second-order valence-corrected chi connectivity index (χ2v) is 7.20. The van der Waals surface area contributed by atoms with Crippen molar-refractivity contribution in [2.75, 3.05) is 39.5 Å². The number of pyridine rings is 2. The molecule has 0 spiro atoms. The fourth-order valence-corrected chi connectivity index (χ4v) is 4.04. The number of carbonyl (C=O) groups excluding carboxylic acids is 3. The van der Waals surface area contributed by atoms with Crippen molar-refractivity contribution in [1.82, 2.24) is 14.3 Å². The van der Waals surface area contributed by atoms with Gasteiger partial charge in [-0.05, 0) is 24.3 Å². The average Bonchev–Trinajstić information content (AvgIpc) is 3.14. The number of ketones is 2. The molecule has 3 aromatic heterocycles. The zero-order chi connectivity index (χ0) is 20.7. The van der Waals surface area contributed by atoms with E-state index in [0.29, 0.717) is 25.3 Å². The fourth-order valence-electron chi connectivity index (χ4n) is 4.04. The minimum Gasteiger partial charge on any atom is -0.461 e. The molecule has 5 rings (SSSR count). The van der Waals surface area contributed by atoms with Crippen molar-refractivity contribution in [3.05, 3.63) is 70.8 Å². The standard InChI is InChI=1S/C22H19N3O5/c26-20-14-4-3-6-23-18(14)21(27)17-16(15-5-1-2-7-25(15)19(17)20)22(28)30-13-10-24-8-11-29-12-9-24/h1-7H,8-13H2. The van der Waals surface area contributed by atoms with Crippen LogP contribution in [0.1, 0.15) is 42.5 Å². The summed E-state index contributed by atoms with van der Waals surface area (Å²) in [6, 6.07) is 8.40. The normalized spacial score (nSPS) is 16.4. The quantitative estimate of drug-likeness (QED) is 0.476. The van der Waals surface area contributed by atoms with Crippen molar-refractivity contribution in [2.45, 2.75) is 0 Å². The van der Waals surface area contributed by atoms with E-state index in [4.69, 9.17) is 9.47 Å². The Morgan fingerprint density at radius 3 is 2.77 bits per heavy atom. The highest BCUT2D eigenvalue weighted by atomic mass is 16.5. The van der Waals surface area contributed by atoms with E-state index in [-0.39, 0.29) is 40.5 Å². The maximum Gasteiger partial charge on any atom is 0.341 e. The second kappa shape index (κ2) is 7.47. The average molecular weight is 405 g/mol. The molecule has 3 aromatic rings. The Kier molecular flexibility index (Phi) is 4.65. The van der Waals surface area contributed by atoms with E-state index in [2.05, 4.69) is 9.88 Å². The number of esters is 1. The third-order valence-corrected chi connectivity index (χ3v) is 5.50. The first-order valence-corrected chi connectivity index (χ1v) is 9.81. The predicted molar refractivity (Wildman–Crippen MR) is 106 cm³/mol. The van der Waals surface area contributed by atoms with Crippen molar-refractivity contribution in [3.8, 4) is 0 Å². The summed E-state index contributed by atoms with van der Waals surface area (Å²) in [5.74, 6) is -1.39. The van der Waals surface area contributed by atoms with Gasteiger partial charge in [0.2, 0.25) is 11.6 Å². The summed E-state index contributed by atoms with van der Waals surface area (Å²) in [5, 5.41) is 0. The molecule has 2 aliphatic rings. The highest BCUT2D eigenvalue weighted by molar-refractivity contribution is 6.31. The molecule has 4 heterocycles. The van der Waals surface area contributed by atoms with E-state index in [1.165, 1.54) is 6.20 Å². The van der Waals surface area contributed by atoms with Crippen LogP contribution in [0.25, 0.3) is 5.52 Å². The fraction of sp³-hybridized carbons (Fsp3) is 0.273. The summed E-state index contributed by atoms with van der Waals surface area (Å²) in [7, 11) is 0. The summed E-state index contributed by atoms with van der Waals surface area (Å²) in [6.07, 6.45) is 3.14. The van der Waals surface area contributed by atoms with Crippen LogP contribution < -0.4 is 0 Å². The summed E-state index contributed by atoms with van der Waals surface area (Å²) >= 11 is 0. The smallest absolute Gasteiger partial charge is 0.341 e. The molecule has 0 atom stereocenters. The third-order valence-electron chi connectivity index (χ3n) is 5.50. The van der Waals surface area contributed by atoms with Gasteiger partial charge in [-0.1, -0.05) is 6.07 Å². The number of rotatable bonds is 4. The van der Waals surface area contributed by atoms with Crippen LogP contribution in [0.2, 0.25) is 0 Å². The number of nitrogens with zero attached hydrogens (tertiary/aromatic N) is 3. The van der Waals surface area contributed by atoms with E-state index in [1.54, 1.807) is 40.9 Å². The maximum atomic E-state index is 13.2. The molecule has 30 heavy (non-hydrogen) atoms. The van der Waals surface area contributed by atoms with Gasteiger partial charge in [0.15, 0.2) is 0 Å². The Hall–Kier alpha value is -3.36. The van der Waals surface area contributed by atoms with E-state index in [9.17, 15) is 14.4 Å². The lowest BCUT2D eigenvalue weighted by atomic mass is 9.89. The number of carbonyl (C=O) groups is 3. The van der Waals surface area contributed by atoms with Crippen LogP contribution in [0, 0.1) is 0 Å². The number of aromatic nitrogens is 2. The molecule has 0 aromatic carbocycles. The van der Waals surface area contributed by atoms with Gasteiger partial charge in [-0.25, -0.2) is 4.79 Å². The van der Waals surface area contributed by atoms with E-state index in [1.807, 2.05) is 0 Å². The molecule has 1 saturated heterocycles. The molecule has 8 nitrogen and oxygen atoms in total. The first-order valence-electron chi connectivity index (χ1n) is 9.81. The highest BCUT2D eigenvalue weighted by Crippen LogP contribution is 2.33. The lowest BCUT2D eigenvalue weighted by Gasteiger charge is -2.26. The van der Waals surface area contributed by atoms with Crippen LogP contribution in [0.5, 0.6) is 0 Å². The molecule has 0 saturated carbocycles. The van der Waals surface area contributed by atoms with Crippen LogP contribution in [0.3, 0.4) is 0 Å². The van der Waals surface area contributed by atoms with Crippen LogP contribution in [0.4, 0.5) is 0 Å². The molecule has 1 aliphatic heterocycles. The molecule has 8 heteroatoms. The number of hydrogen-bond donors (Lipinski definition) is 0. The Balaban J connectivity index is 1.52. The van der Waals surface area contributed by atoms with E-state index in [0.717, 1.165) is 13.1 Å². The molecule has 0 N–H and O–H groups in total. The summed E-state index contributed by atoms with van der Waals surface area (Å²) < 4.78 is 12.4. The monoisotopic (exact) mass is 405 g/mol. The minimum atomic E-state index is -0.617. The Morgan fingerprint density at radius 1 is 1.10 bits per heavy atom. The van der Waals surface area contributed by atoms with Crippen molar-refractivity contribution in [1.29, 1.82) is 0 Å². The topological polar surface area (TPSA) is 90.2 Å². The van der Waals surface area contributed by atoms with Crippen molar-refractivity contribution >= 4 is 23.1 Å². The van der Waals surface area contributed by atoms with E-state index >= 15 is 0 Å². The minimum absolute atomic E-state index is 0.0632. The summed E-state index contributed by atoms with van der Waals surface area (Å²) in [6.45, 7) is 3.67. The predicted octanol–water partition coefficient (Wildman–Crippen LogP) is 1.60. The zero-order valence-corrected chi connectivity index (χ0v) is 16.2. The second-order valence-electron chi connectivity index (χ2n) is 7.20. The molecule has 1 aliphatic carbocycles. The van der Waals surface area contributed by atoms with Crippen LogP contribution >= 0.6 is 0 Å². The van der Waals surface area contributed by atoms with Crippen LogP contribution in [-0.2, 0) is 9.47 Å². The molecule has 0 radical (unpaired) electrons. The zero-order valence-electron chi connectivity index (χ0n) is 16.2. The third kappa shape index (κ3) is 2.92. The molecule has 0 unspecified atom stereocenters. The van der Waals surface area contributed by atoms with Gasteiger partial charge in [0.25, 0.3) is 0 Å². The summed E-state index contributed by atoms with van der Waals surface area (Å²) in [5.41, 5.74) is 1.12. The molecule has 0 bridgehead atoms. The van der Waals surface area contributed by atoms with Gasteiger partial charge in [0.1, 0.15) is 18.0 Å². The maximum absolute atomic E-state index is 13.2. The molecule has 152 valence electrons. The van der Waals surface area contributed by atoms with Crippen LogP contribution in [0.15, 0.2) is 42.7 Å². The van der Waals surface area contributed by atoms with E-state index < -0.39 is 11.8 Å². The first kappa shape index (κ1) is 18.7. The SMILES string of the molecule is O=C1c2ncccc2C(=O)c2c1c(C(=O)OCCN1CCOCC1)c1ccccn21. The van der Waals surface area contributed by atoms with Gasteiger partial charge in [0.05, 0.1) is 35.4 Å². The van der Waals surface area contributed by atoms with Crippen LogP contribution in [-0.4, -0.2) is 71.3 Å². The Morgan fingerprint density at radius 2 is 1.93 bits per heavy atom. The number of morpholine rings is 1. The lowest BCUT2D eigenvalue weighted by Crippen LogP contribution is -2.38. The molecule has 0 amide bonds. The highest BCUT2D eigenvalue weighted by Gasteiger charge is 2.39. The van der Waals surface area contributed by atoms with Gasteiger partial charge in [-0.3, -0.25) is 19.5 Å². The molecular formula is C22H19N3O5. The van der Waals surface area contributed by atoms with Gasteiger partial charge in [-0.2, -0.15) is 0 Å². The van der Waals surface area contributed by atoms with Gasteiger partial charge in [-0.15, -0.1) is 0 Å². The summed E-state index contributed by atoms with van der Waals surface area (Å²) in [4.78, 5) is 45.6. The van der Waals surface area contributed by atoms with Crippen molar-refractivity contribution < 1.29 is 23.9 Å². The number of ether oxygens (including phenoxy) is 2. The largest absolute Gasteiger partial charge is 0.461 e. The molecular weight excluding hydrogens is 386 g/mol. The Bertz CT molecular complexity index is 1180. The van der Waals surface area contributed by atoms with Gasteiger partial charge >= 0.3 is 5.97 Å². The van der Waals surface area contributed by atoms with Crippen molar-refractivity contribution in [2.24, 2.45) is 0 Å².